The van der Waals surface area contributed by atoms with Crippen LogP contribution in [-0.2, 0) is 4.84 Å². The molecule has 13 heavy (non-hydrogen) atoms. The van der Waals surface area contributed by atoms with E-state index in [1.54, 1.807) is 0 Å². The zero-order valence-corrected chi connectivity index (χ0v) is 9.05. The largest absolute Gasteiger partial charge is 0.386 e. The normalized spacial score (nSPS) is 21.1. The topological polar surface area (TPSA) is 21.6 Å². The molecule has 0 saturated carbocycles. The monoisotopic (exact) mass is 259 g/mol. The molecule has 0 fully saturated rings. The van der Waals surface area contributed by atoms with Crippen LogP contribution in [0.2, 0.25) is 5.02 Å². The van der Waals surface area contributed by atoms with Gasteiger partial charge < -0.3 is 4.84 Å². The minimum absolute atomic E-state index is 0.0339. The van der Waals surface area contributed by atoms with Gasteiger partial charge >= 0.3 is 0 Å². The van der Waals surface area contributed by atoms with E-state index in [2.05, 4.69) is 21.1 Å². The van der Waals surface area contributed by atoms with Crippen LogP contribution in [0.3, 0.4) is 0 Å². The number of hydrogen-bond acceptors (Lipinski definition) is 2. The number of halogens is 2. The van der Waals surface area contributed by atoms with Crippen molar-refractivity contribution in [2.75, 3.05) is 0 Å². The van der Waals surface area contributed by atoms with E-state index >= 15 is 0 Å². The Morgan fingerprint density at radius 1 is 1.38 bits per heavy atom. The molecule has 0 aromatic heterocycles. The zero-order chi connectivity index (χ0) is 9.26. The van der Waals surface area contributed by atoms with E-state index in [9.17, 15) is 0 Å². The molecule has 1 aromatic carbocycles. The Kier molecular flexibility index (Phi) is 2.56. The highest BCUT2D eigenvalue weighted by Crippen LogP contribution is 2.29. The van der Waals surface area contributed by atoms with Crippen LogP contribution in [0.1, 0.15) is 18.1 Å². The van der Waals surface area contributed by atoms with Crippen LogP contribution in [0.25, 0.3) is 0 Å². The summed E-state index contributed by atoms with van der Waals surface area (Å²) in [6.07, 6.45) is 0.827. The highest BCUT2D eigenvalue weighted by molar-refractivity contribution is 9.18. The fraction of sp³-hybridized carbons (Fsp3) is 0.222. The number of nitrogens with zero attached hydrogens (tertiary/aromatic N) is 1. The van der Waals surface area contributed by atoms with Crippen LogP contribution >= 0.6 is 27.5 Å². The second kappa shape index (κ2) is 3.68. The maximum Gasteiger partial charge on any atom is 0.158 e. The first-order valence-corrected chi connectivity index (χ1v) is 5.06. The molecule has 0 bridgehead atoms. The third-order valence-corrected chi connectivity index (χ3v) is 2.60. The summed E-state index contributed by atoms with van der Waals surface area (Å²) < 4.78 is 0.854. The molecule has 4 heteroatoms. The molecule has 1 atom stereocenters. The lowest BCUT2D eigenvalue weighted by atomic mass is 10.1. The molecular formula is C9H7BrClNO. The molecular weight excluding hydrogens is 253 g/mol. The fourth-order valence-corrected chi connectivity index (χ4v) is 1.71. The maximum atomic E-state index is 5.77. The number of hydrogen-bond donors (Lipinski definition) is 0. The molecule has 0 aliphatic carbocycles. The highest BCUT2D eigenvalue weighted by Gasteiger charge is 2.20. The molecule has 0 amide bonds. The molecule has 0 N–H and O–H groups in total. The highest BCUT2D eigenvalue weighted by atomic mass is 79.9. The lowest BCUT2D eigenvalue weighted by Crippen LogP contribution is -1.95. The van der Waals surface area contributed by atoms with Crippen molar-refractivity contribution in [3.05, 3.63) is 34.9 Å². The number of rotatable bonds is 1. The van der Waals surface area contributed by atoms with Gasteiger partial charge in [-0.05, 0) is 33.6 Å². The predicted molar refractivity (Wildman–Crippen MR) is 56.3 cm³/mol. The smallest absolute Gasteiger partial charge is 0.158 e. The molecule has 1 aromatic rings. The van der Waals surface area contributed by atoms with Crippen molar-refractivity contribution in [2.45, 2.75) is 12.5 Å². The molecule has 68 valence electrons. The average molecular weight is 261 g/mol. The molecule has 2 nitrogen and oxygen atoms in total. The summed E-state index contributed by atoms with van der Waals surface area (Å²) in [5, 5.41) is 4.55. The van der Waals surface area contributed by atoms with Crippen LogP contribution in [0.5, 0.6) is 0 Å². The standard InChI is InChI=1S/C9H7BrClNO/c10-9-5-8(13-12-9)6-1-3-7(11)4-2-6/h1-4,8H,5H2/t8-/m1/s1. The summed E-state index contributed by atoms with van der Waals surface area (Å²) in [5.41, 5.74) is 1.10. The van der Waals surface area contributed by atoms with Crippen molar-refractivity contribution >= 4 is 32.2 Å². The summed E-state index contributed by atoms with van der Waals surface area (Å²) in [6.45, 7) is 0. The SMILES string of the molecule is Clc1ccc([C@H]2CC(Br)=NO2)cc1. The van der Waals surface area contributed by atoms with Gasteiger partial charge in [-0.2, -0.15) is 0 Å². The van der Waals surface area contributed by atoms with Crippen LogP contribution in [0.15, 0.2) is 29.4 Å². The Morgan fingerprint density at radius 3 is 2.62 bits per heavy atom. The molecule has 1 aliphatic rings. The van der Waals surface area contributed by atoms with Gasteiger partial charge in [0.1, 0.15) is 4.62 Å². The van der Waals surface area contributed by atoms with Gasteiger partial charge in [0, 0.05) is 11.4 Å². The first kappa shape index (κ1) is 9.03. The van der Waals surface area contributed by atoms with E-state index in [-0.39, 0.29) is 6.10 Å². The third-order valence-electron chi connectivity index (χ3n) is 1.87. The van der Waals surface area contributed by atoms with E-state index in [1.165, 1.54) is 0 Å². The van der Waals surface area contributed by atoms with Gasteiger partial charge in [-0.3, -0.25) is 0 Å². The Balaban J connectivity index is 2.14. The Labute approximate surface area is 89.7 Å². The number of benzene rings is 1. The van der Waals surface area contributed by atoms with Crippen LogP contribution in [0, 0.1) is 0 Å². The van der Waals surface area contributed by atoms with E-state index in [0.717, 1.165) is 21.6 Å². The molecule has 1 heterocycles. The average Bonchev–Trinajstić information content (AvgIpc) is 2.53. The van der Waals surface area contributed by atoms with Crippen molar-refractivity contribution in [2.24, 2.45) is 5.16 Å². The molecule has 0 saturated heterocycles. The van der Waals surface area contributed by atoms with Gasteiger partial charge in [0.15, 0.2) is 6.10 Å². The lowest BCUT2D eigenvalue weighted by molar-refractivity contribution is 0.0858. The van der Waals surface area contributed by atoms with Crippen LogP contribution in [0.4, 0.5) is 0 Å². The molecule has 0 spiro atoms. The van der Waals surface area contributed by atoms with Crippen LogP contribution in [-0.4, -0.2) is 4.62 Å². The maximum absolute atomic E-state index is 5.77. The zero-order valence-electron chi connectivity index (χ0n) is 6.71. The summed E-state index contributed by atoms with van der Waals surface area (Å²) in [5.74, 6) is 0. The van der Waals surface area contributed by atoms with Crippen molar-refractivity contribution in [1.82, 2.24) is 0 Å². The molecule has 0 radical (unpaired) electrons. The summed E-state index contributed by atoms with van der Waals surface area (Å²) in [7, 11) is 0. The first-order chi connectivity index (χ1) is 6.25. The van der Waals surface area contributed by atoms with Crippen molar-refractivity contribution in [3.63, 3.8) is 0 Å². The molecule has 0 unspecified atom stereocenters. The van der Waals surface area contributed by atoms with E-state index < -0.39 is 0 Å². The van der Waals surface area contributed by atoms with E-state index in [4.69, 9.17) is 16.4 Å². The predicted octanol–water partition coefficient (Wildman–Crippen LogP) is 3.51. The van der Waals surface area contributed by atoms with Gasteiger partial charge in [-0.1, -0.05) is 28.9 Å². The summed E-state index contributed by atoms with van der Waals surface area (Å²) in [4.78, 5) is 5.19. The second-order valence-corrected chi connectivity index (χ2v) is 4.17. The minimum atomic E-state index is 0.0339. The Morgan fingerprint density at radius 2 is 2.08 bits per heavy atom. The van der Waals surface area contributed by atoms with Gasteiger partial charge in [0.25, 0.3) is 0 Å². The first-order valence-electron chi connectivity index (χ1n) is 3.89. The lowest BCUT2D eigenvalue weighted by Gasteiger charge is -2.07. The van der Waals surface area contributed by atoms with Gasteiger partial charge in [-0.25, -0.2) is 0 Å². The number of oxime groups is 1. The van der Waals surface area contributed by atoms with Gasteiger partial charge in [0.2, 0.25) is 0 Å². The Hall–Kier alpha value is -0.540. The van der Waals surface area contributed by atoms with Crippen molar-refractivity contribution in [3.8, 4) is 0 Å². The second-order valence-electron chi connectivity index (χ2n) is 2.82. The quantitative estimate of drug-likeness (QED) is 0.757. The van der Waals surface area contributed by atoms with Crippen molar-refractivity contribution < 1.29 is 4.84 Å². The Bertz CT molecular complexity index is 336. The minimum Gasteiger partial charge on any atom is -0.386 e. The summed E-state index contributed by atoms with van der Waals surface area (Å²) in [6, 6.07) is 7.61. The molecule has 1 aliphatic heterocycles. The van der Waals surface area contributed by atoms with Gasteiger partial charge in [0.05, 0.1) is 0 Å². The summed E-state index contributed by atoms with van der Waals surface area (Å²) >= 11 is 9.06. The fourth-order valence-electron chi connectivity index (χ4n) is 1.20. The van der Waals surface area contributed by atoms with E-state index in [0.29, 0.717) is 0 Å². The van der Waals surface area contributed by atoms with Crippen LogP contribution < -0.4 is 0 Å². The van der Waals surface area contributed by atoms with Gasteiger partial charge in [-0.15, -0.1) is 0 Å². The van der Waals surface area contributed by atoms with Crippen molar-refractivity contribution in [1.29, 1.82) is 0 Å². The molecule has 2 rings (SSSR count). The van der Waals surface area contributed by atoms with E-state index in [1.807, 2.05) is 24.3 Å². The third kappa shape index (κ3) is 2.03.